The summed E-state index contributed by atoms with van der Waals surface area (Å²) >= 11 is 0. The molecule has 0 aliphatic carbocycles. The molecule has 13 heavy (non-hydrogen) atoms. The predicted molar refractivity (Wildman–Crippen MR) is 45.6 cm³/mol. The van der Waals surface area contributed by atoms with Crippen molar-refractivity contribution in [1.29, 1.82) is 5.26 Å². The first-order chi connectivity index (χ1) is 6.33. The van der Waals surface area contributed by atoms with Crippen molar-refractivity contribution in [3.05, 3.63) is 11.3 Å². The molecule has 2 heterocycles. The molecular weight excluding hydrogens is 168 g/mol. The largest absolute Gasteiger partial charge is 0.381 e. The molecule has 5 heteroatoms. The topological polar surface area (TPSA) is 87.7 Å². The third-order valence-corrected chi connectivity index (χ3v) is 2.19. The third-order valence-electron chi connectivity index (χ3n) is 2.19. The second-order valence-electron chi connectivity index (χ2n) is 3.01. The molecule has 0 aromatic carbocycles. The lowest BCUT2D eigenvalue weighted by Gasteiger charge is -2.05. The fraction of sp³-hybridized carbons (Fsp3) is 0.500. The molecule has 1 aliphatic rings. The van der Waals surface area contributed by atoms with Crippen LogP contribution in [0.5, 0.6) is 0 Å². The second kappa shape index (κ2) is 3.07. The molecular formula is C8H10N4O. The van der Waals surface area contributed by atoms with E-state index in [2.05, 4.69) is 10.2 Å². The molecule has 0 radical (unpaired) electrons. The normalized spacial score (nSPS) is 21.6. The molecule has 1 aromatic heterocycles. The van der Waals surface area contributed by atoms with Gasteiger partial charge in [-0.15, -0.1) is 0 Å². The molecule has 5 nitrogen and oxygen atoms in total. The number of aromatic amines is 1. The Hall–Kier alpha value is -1.54. The van der Waals surface area contributed by atoms with Gasteiger partial charge in [-0.05, 0) is 12.8 Å². The SMILES string of the molecule is N#Cc1c(N)n[nH]c1[C@@H]1CCCO1. The lowest BCUT2D eigenvalue weighted by molar-refractivity contribution is 0.108. The van der Waals surface area contributed by atoms with Crippen molar-refractivity contribution in [3.63, 3.8) is 0 Å². The maximum atomic E-state index is 8.80. The van der Waals surface area contributed by atoms with E-state index in [1.165, 1.54) is 0 Å². The molecule has 0 unspecified atom stereocenters. The molecule has 0 amide bonds. The van der Waals surface area contributed by atoms with Gasteiger partial charge in [0.1, 0.15) is 17.7 Å². The summed E-state index contributed by atoms with van der Waals surface area (Å²) in [5.41, 5.74) is 6.64. The van der Waals surface area contributed by atoms with Crippen molar-refractivity contribution in [2.75, 3.05) is 12.3 Å². The van der Waals surface area contributed by atoms with Crippen LogP contribution in [0.4, 0.5) is 5.82 Å². The van der Waals surface area contributed by atoms with Gasteiger partial charge in [-0.2, -0.15) is 10.4 Å². The van der Waals surface area contributed by atoms with Gasteiger partial charge in [-0.1, -0.05) is 0 Å². The first kappa shape index (κ1) is 8.08. The van der Waals surface area contributed by atoms with Crippen LogP contribution in [-0.4, -0.2) is 16.8 Å². The van der Waals surface area contributed by atoms with E-state index in [1.807, 2.05) is 6.07 Å². The number of aromatic nitrogens is 2. The van der Waals surface area contributed by atoms with Crippen LogP contribution in [0.2, 0.25) is 0 Å². The Labute approximate surface area is 75.5 Å². The lowest BCUT2D eigenvalue weighted by Crippen LogP contribution is -1.99. The summed E-state index contributed by atoms with van der Waals surface area (Å²) in [4.78, 5) is 0. The van der Waals surface area contributed by atoms with E-state index < -0.39 is 0 Å². The van der Waals surface area contributed by atoms with Crippen molar-refractivity contribution in [3.8, 4) is 6.07 Å². The van der Waals surface area contributed by atoms with E-state index in [1.54, 1.807) is 0 Å². The fourth-order valence-electron chi connectivity index (χ4n) is 1.53. The van der Waals surface area contributed by atoms with Gasteiger partial charge in [0.2, 0.25) is 0 Å². The second-order valence-corrected chi connectivity index (χ2v) is 3.01. The van der Waals surface area contributed by atoms with Crippen LogP contribution in [0.15, 0.2) is 0 Å². The molecule has 3 N–H and O–H groups in total. The number of nitrogens with two attached hydrogens (primary N) is 1. The van der Waals surface area contributed by atoms with Gasteiger partial charge in [0.15, 0.2) is 5.82 Å². The summed E-state index contributed by atoms with van der Waals surface area (Å²) < 4.78 is 5.42. The van der Waals surface area contributed by atoms with Crippen LogP contribution in [0, 0.1) is 11.3 Å². The average molecular weight is 178 g/mol. The average Bonchev–Trinajstić information content (AvgIpc) is 2.71. The van der Waals surface area contributed by atoms with Crippen LogP contribution < -0.4 is 5.73 Å². The Morgan fingerprint density at radius 2 is 2.54 bits per heavy atom. The molecule has 2 rings (SSSR count). The summed E-state index contributed by atoms with van der Waals surface area (Å²) in [6.45, 7) is 0.745. The number of rotatable bonds is 1. The summed E-state index contributed by atoms with van der Waals surface area (Å²) in [5.74, 6) is 0.257. The maximum absolute atomic E-state index is 8.80. The summed E-state index contributed by atoms with van der Waals surface area (Å²) in [5, 5.41) is 15.3. The smallest absolute Gasteiger partial charge is 0.163 e. The molecule has 68 valence electrons. The molecule has 1 aromatic rings. The predicted octanol–water partition coefficient (Wildman–Crippen LogP) is 0.715. The summed E-state index contributed by atoms with van der Waals surface area (Å²) in [6, 6.07) is 2.02. The zero-order chi connectivity index (χ0) is 9.26. The molecule has 1 atom stereocenters. The van der Waals surface area contributed by atoms with Gasteiger partial charge in [0.25, 0.3) is 0 Å². The molecule has 0 spiro atoms. The number of nitriles is 1. The van der Waals surface area contributed by atoms with Gasteiger partial charge >= 0.3 is 0 Å². The number of nitrogens with zero attached hydrogens (tertiary/aromatic N) is 2. The zero-order valence-corrected chi connectivity index (χ0v) is 7.08. The minimum atomic E-state index is -0.0283. The molecule has 1 fully saturated rings. The molecule has 1 saturated heterocycles. The highest BCUT2D eigenvalue weighted by Gasteiger charge is 2.24. The van der Waals surface area contributed by atoms with Crippen molar-refractivity contribution >= 4 is 5.82 Å². The highest BCUT2D eigenvalue weighted by molar-refractivity contribution is 5.51. The number of ether oxygens (including phenoxy) is 1. The first-order valence-electron chi connectivity index (χ1n) is 4.18. The van der Waals surface area contributed by atoms with E-state index >= 15 is 0 Å². The van der Waals surface area contributed by atoms with Crippen LogP contribution in [-0.2, 0) is 4.74 Å². The van der Waals surface area contributed by atoms with E-state index in [-0.39, 0.29) is 11.9 Å². The number of nitrogens with one attached hydrogen (secondary N) is 1. The number of nitrogen functional groups attached to an aromatic ring is 1. The van der Waals surface area contributed by atoms with Gasteiger partial charge < -0.3 is 10.5 Å². The van der Waals surface area contributed by atoms with Crippen LogP contribution in [0.1, 0.15) is 30.2 Å². The molecule has 1 aliphatic heterocycles. The van der Waals surface area contributed by atoms with Gasteiger partial charge in [0, 0.05) is 6.61 Å². The Morgan fingerprint density at radius 1 is 1.69 bits per heavy atom. The number of hydrogen-bond donors (Lipinski definition) is 2. The Kier molecular flexibility index (Phi) is 1.91. The van der Waals surface area contributed by atoms with E-state index in [0.717, 1.165) is 25.1 Å². The Morgan fingerprint density at radius 3 is 3.15 bits per heavy atom. The van der Waals surface area contributed by atoms with Gasteiger partial charge in [0.05, 0.1) is 5.69 Å². The molecule has 0 saturated carbocycles. The number of hydrogen-bond acceptors (Lipinski definition) is 4. The van der Waals surface area contributed by atoms with Crippen molar-refractivity contribution < 1.29 is 4.74 Å². The quantitative estimate of drug-likeness (QED) is 0.663. The summed E-state index contributed by atoms with van der Waals surface area (Å²) in [6.07, 6.45) is 1.92. The third kappa shape index (κ3) is 1.25. The summed E-state index contributed by atoms with van der Waals surface area (Å²) in [7, 11) is 0. The highest BCUT2D eigenvalue weighted by atomic mass is 16.5. The zero-order valence-electron chi connectivity index (χ0n) is 7.08. The number of anilines is 1. The van der Waals surface area contributed by atoms with Gasteiger partial charge in [-0.3, -0.25) is 5.10 Å². The van der Waals surface area contributed by atoms with Crippen molar-refractivity contribution in [2.45, 2.75) is 18.9 Å². The van der Waals surface area contributed by atoms with Gasteiger partial charge in [-0.25, -0.2) is 0 Å². The Bertz CT molecular complexity index is 346. The lowest BCUT2D eigenvalue weighted by atomic mass is 10.1. The van der Waals surface area contributed by atoms with Crippen LogP contribution in [0.25, 0.3) is 0 Å². The minimum Gasteiger partial charge on any atom is -0.381 e. The van der Waals surface area contributed by atoms with E-state index in [4.69, 9.17) is 15.7 Å². The monoisotopic (exact) mass is 178 g/mol. The van der Waals surface area contributed by atoms with E-state index in [9.17, 15) is 0 Å². The minimum absolute atomic E-state index is 0.0283. The van der Waals surface area contributed by atoms with Crippen molar-refractivity contribution in [2.24, 2.45) is 0 Å². The fourth-order valence-corrected chi connectivity index (χ4v) is 1.53. The standard InChI is InChI=1S/C8H10N4O/c9-4-5-7(11-12-8(5)10)6-2-1-3-13-6/h6H,1-3H2,(H3,10,11,12)/t6-/m0/s1. The first-order valence-corrected chi connectivity index (χ1v) is 4.18. The van der Waals surface area contributed by atoms with Crippen molar-refractivity contribution in [1.82, 2.24) is 10.2 Å². The van der Waals surface area contributed by atoms with Crippen LogP contribution >= 0.6 is 0 Å². The number of H-pyrrole nitrogens is 1. The maximum Gasteiger partial charge on any atom is 0.163 e. The molecule has 0 bridgehead atoms. The van der Waals surface area contributed by atoms with Crippen LogP contribution in [0.3, 0.4) is 0 Å². The Balaban J connectivity index is 2.34. The van der Waals surface area contributed by atoms with E-state index in [0.29, 0.717) is 5.56 Å². The highest BCUT2D eigenvalue weighted by Crippen LogP contribution is 2.30.